The maximum absolute atomic E-state index is 12.4. The van der Waals surface area contributed by atoms with Crippen molar-refractivity contribution < 1.29 is 9.59 Å². The summed E-state index contributed by atoms with van der Waals surface area (Å²) in [5.41, 5.74) is 4.53. The molecule has 0 saturated carbocycles. The third kappa shape index (κ3) is 4.54. The lowest BCUT2D eigenvalue weighted by Gasteiger charge is -2.09. The van der Waals surface area contributed by atoms with Gasteiger partial charge in [-0.15, -0.1) is 0 Å². The molecule has 0 atom stereocenters. The average Bonchev–Trinajstić information content (AvgIpc) is 2.65. The summed E-state index contributed by atoms with van der Waals surface area (Å²) >= 11 is 6.04. The van der Waals surface area contributed by atoms with Gasteiger partial charge in [0.25, 0.3) is 11.8 Å². The summed E-state index contributed by atoms with van der Waals surface area (Å²) in [4.78, 5) is 24.7. The Morgan fingerprint density at radius 2 is 1.37 bits per heavy atom. The van der Waals surface area contributed by atoms with Crippen LogP contribution in [0.25, 0.3) is 0 Å². The molecule has 0 bridgehead atoms. The summed E-state index contributed by atoms with van der Waals surface area (Å²) in [5, 5.41) is 6.04. The molecule has 3 aromatic rings. The largest absolute Gasteiger partial charge is 0.322 e. The molecule has 0 unspecified atom stereocenters. The van der Waals surface area contributed by atoms with E-state index in [0.717, 1.165) is 11.3 Å². The Labute approximate surface area is 163 Å². The van der Waals surface area contributed by atoms with Crippen LogP contribution in [0, 0.1) is 13.8 Å². The highest BCUT2D eigenvalue weighted by Gasteiger charge is 2.11. The molecular weight excluding hydrogens is 360 g/mol. The smallest absolute Gasteiger partial charge is 0.257 e. The van der Waals surface area contributed by atoms with E-state index < -0.39 is 0 Å². The van der Waals surface area contributed by atoms with Gasteiger partial charge in [-0.05, 0) is 73.5 Å². The van der Waals surface area contributed by atoms with Crippen LogP contribution in [0.1, 0.15) is 31.8 Å². The van der Waals surface area contributed by atoms with E-state index in [1.165, 1.54) is 5.56 Å². The second-order valence-corrected chi connectivity index (χ2v) is 6.67. The zero-order chi connectivity index (χ0) is 19.4. The summed E-state index contributed by atoms with van der Waals surface area (Å²) in [6.45, 7) is 4.03. The molecule has 0 fully saturated rings. The lowest BCUT2D eigenvalue weighted by molar-refractivity contribution is 0.102. The zero-order valence-corrected chi connectivity index (χ0v) is 15.8. The summed E-state index contributed by atoms with van der Waals surface area (Å²) in [6, 6.07) is 19.3. The topological polar surface area (TPSA) is 58.2 Å². The molecule has 3 rings (SSSR count). The second kappa shape index (κ2) is 8.06. The summed E-state index contributed by atoms with van der Waals surface area (Å²) < 4.78 is 0. The number of carbonyl (C=O) groups is 2. The minimum absolute atomic E-state index is 0.206. The Balaban J connectivity index is 1.67. The second-order valence-electron chi connectivity index (χ2n) is 6.26. The van der Waals surface area contributed by atoms with E-state index in [-0.39, 0.29) is 11.8 Å². The van der Waals surface area contributed by atoms with Gasteiger partial charge < -0.3 is 10.6 Å². The predicted molar refractivity (Wildman–Crippen MR) is 110 cm³/mol. The van der Waals surface area contributed by atoms with Gasteiger partial charge in [0.1, 0.15) is 0 Å². The van der Waals surface area contributed by atoms with E-state index in [1.54, 1.807) is 48.5 Å². The van der Waals surface area contributed by atoms with Gasteiger partial charge in [-0.3, -0.25) is 9.59 Å². The molecular formula is C22H19ClN2O2. The predicted octanol–water partition coefficient (Wildman–Crippen LogP) is 5.46. The molecule has 136 valence electrons. The third-order valence-corrected chi connectivity index (χ3v) is 4.62. The molecule has 0 aliphatic heterocycles. The van der Waals surface area contributed by atoms with Gasteiger partial charge in [-0.1, -0.05) is 29.8 Å². The van der Waals surface area contributed by atoms with Gasteiger partial charge in [0.05, 0.1) is 10.6 Å². The van der Waals surface area contributed by atoms with Crippen molar-refractivity contribution >= 4 is 34.8 Å². The van der Waals surface area contributed by atoms with Gasteiger partial charge in [0.2, 0.25) is 0 Å². The molecule has 3 aromatic carbocycles. The SMILES string of the molecule is Cc1ccc(NC(=O)c2ccc(NC(=O)c3ccccc3Cl)cc2)cc1C. The molecule has 0 spiro atoms. The van der Waals surface area contributed by atoms with E-state index in [4.69, 9.17) is 11.6 Å². The maximum atomic E-state index is 12.4. The van der Waals surface area contributed by atoms with E-state index >= 15 is 0 Å². The first kappa shape index (κ1) is 18.7. The van der Waals surface area contributed by atoms with Crippen molar-refractivity contribution in [2.45, 2.75) is 13.8 Å². The molecule has 5 heteroatoms. The van der Waals surface area contributed by atoms with Crippen LogP contribution in [0.15, 0.2) is 66.7 Å². The Morgan fingerprint density at radius 3 is 2.04 bits per heavy atom. The van der Waals surface area contributed by atoms with Gasteiger partial charge in [-0.2, -0.15) is 0 Å². The molecule has 0 aromatic heterocycles. The highest BCUT2D eigenvalue weighted by Crippen LogP contribution is 2.19. The van der Waals surface area contributed by atoms with Crippen LogP contribution in [0.5, 0.6) is 0 Å². The van der Waals surface area contributed by atoms with E-state index in [1.807, 2.05) is 32.0 Å². The van der Waals surface area contributed by atoms with Crippen LogP contribution < -0.4 is 10.6 Å². The molecule has 27 heavy (non-hydrogen) atoms. The van der Waals surface area contributed by atoms with Crippen molar-refractivity contribution in [1.29, 1.82) is 0 Å². The molecule has 0 saturated heterocycles. The maximum Gasteiger partial charge on any atom is 0.257 e. The van der Waals surface area contributed by atoms with E-state index in [0.29, 0.717) is 21.8 Å². The number of amides is 2. The van der Waals surface area contributed by atoms with Crippen LogP contribution in [0.2, 0.25) is 5.02 Å². The summed E-state index contributed by atoms with van der Waals surface area (Å²) in [5.74, 6) is -0.504. The number of halogens is 1. The fourth-order valence-electron chi connectivity index (χ4n) is 2.57. The van der Waals surface area contributed by atoms with Crippen LogP contribution in [-0.4, -0.2) is 11.8 Å². The number of carbonyl (C=O) groups excluding carboxylic acids is 2. The average molecular weight is 379 g/mol. The fourth-order valence-corrected chi connectivity index (χ4v) is 2.79. The highest BCUT2D eigenvalue weighted by atomic mass is 35.5. The molecule has 0 radical (unpaired) electrons. The zero-order valence-electron chi connectivity index (χ0n) is 15.0. The van der Waals surface area contributed by atoms with Crippen molar-refractivity contribution in [3.05, 3.63) is 94.0 Å². The molecule has 2 amide bonds. The van der Waals surface area contributed by atoms with Gasteiger partial charge in [0, 0.05) is 16.9 Å². The van der Waals surface area contributed by atoms with Crippen molar-refractivity contribution in [3.63, 3.8) is 0 Å². The van der Waals surface area contributed by atoms with Crippen molar-refractivity contribution in [2.75, 3.05) is 10.6 Å². The Bertz CT molecular complexity index is 997. The van der Waals surface area contributed by atoms with Gasteiger partial charge in [0.15, 0.2) is 0 Å². The Hall–Kier alpha value is -3.11. The molecule has 4 nitrogen and oxygen atoms in total. The number of nitrogens with one attached hydrogen (secondary N) is 2. The summed E-state index contributed by atoms with van der Waals surface area (Å²) in [7, 11) is 0. The first-order valence-corrected chi connectivity index (χ1v) is 8.86. The molecule has 2 N–H and O–H groups in total. The Morgan fingerprint density at radius 1 is 0.741 bits per heavy atom. The fraction of sp³-hybridized carbons (Fsp3) is 0.0909. The highest BCUT2D eigenvalue weighted by molar-refractivity contribution is 6.34. The lowest BCUT2D eigenvalue weighted by atomic mass is 10.1. The quantitative estimate of drug-likeness (QED) is 0.633. The minimum Gasteiger partial charge on any atom is -0.322 e. The van der Waals surface area contributed by atoms with Crippen LogP contribution in [0.4, 0.5) is 11.4 Å². The number of anilines is 2. The lowest BCUT2D eigenvalue weighted by Crippen LogP contribution is -2.14. The van der Waals surface area contributed by atoms with E-state index in [2.05, 4.69) is 10.6 Å². The Kier molecular flexibility index (Phi) is 5.57. The monoisotopic (exact) mass is 378 g/mol. The number of hydrogen-bond donors (Lipinski definition) is 2. The molecule has 0 heterocycles. The van der Waals surface area contributed by atoms with Gasteiger partial charge >= 0.3 is 0 Å². The van der Waals surface area contributed by atoms with Crippen molar-refractivity contribution in [2.24, 2.45) is 0 Å². The van der Waals surface area contributed by atoms with E-state index in [9.17, 15) is 9.59 Å². The molecule has 0 aliphatic carbocycles. The standard InChI is InChI=1S/C22H19ClN2O2/c1-14-7-10-18(13-15(14)2)25-21(26)16-8-11-17(12-9-16)24-22(27)19-5-3-4-6-20(19)23/h3-13H,1-2H3,(H,24,27)(H,25,26). The first-order valence-electron chi connectivity index (χ1n) is 8.48. The first-order chi connectivity index (χ1) is 12.9. The minimum atomic E-state index is -0.298. The van der Waals surface area contributed by atoms with Gasteiger partial charge in [-0.25, -0.2) is 0 Å². The summed E-state index contributed by atoms with van der Waals surface area (Å²) in [6.07, 6.45) is 0. The number of aryl methyl sites for hydroxylation is 2. The van der Waals surface area contributed by atoms with Crippen molar-refractivity contribution in [1.82, 2.24) is 0 Å². The number of rotatable bonds is 4. The normalized spacial score (nSPS) is 10.3. The van der Waals surface area contributed by atoms with Crippen LogP contribution in [-0.2, 0) is 0 Å². The van der Waals surface area contributed by atoms with Crippen molar-refractivity contribution in [3.8, 4) is 0 Å². The van der Waals surface area contributed by atoms with Crippen LogP contribution in [0.3, 0.4) is 0 Å². The number of hydrogen-bond acceptors (Lipinski definition) is 2. The number of benzene rings is 3. The molecule has 0 aliphatic rings. The third-order valence-electron chi connectivity index (χ3n) is 4.29. The van der Waals surface area contributed by atoms with Crippen LogP contribution >= 0.6 is 11.6 Å².